The summed E-state index contributed by atoms with van der Waals surface area (Å²) in [5, 5.41) is 3.27. The van der Waals surface area contributed by atoms with Crippen molar-refractivity contribution < 1.29 is 13.2 Å². The van der Waals surface area contributed by atoms with Crippen molar-refractivity contribution in [1.82, 2.24) is 15.1 Å². The molecule has 0 aromatic rings. The van der Waals surface area contributed by atoms with Gasteiger partial charge in [0.1, 0.15) is 6.04 Å². The van der Waals surface area contributed by atoms with Crippen LogP contribution in [-0.4, -0.2) is 79.8 Å². The topological polar surface area (TPSA) is 30.9 Å². The van der Waals surface area contributed by atoms with Crippen LogP contribution in [0.2, 0.25) is 0 Å². The number of thioether (sulfide) groups is 1. The third-order valence-corrected chi connectivity index (χ3v) is 4.35. The predicted molar refractivity (Wildman–Crippen MR) is 98.4 cm³/mol. The van der Waals surface area contributed by atoms with Gasteiger partial charge in [-0.15, -0.1) is 24.0 Å². The molecule has 0 aromatic carbocycles. The molecule has 0 radical (unpaired) electrons. The van der Waals surface area contributed by atoms with E-state index in [2.05, 4.69) is 16.6 Å². The quantitative estimate of drug-likeness (QED) is 0.300. The first-order valence-electron chi connectivity index (χ1n) is 7.15. The van der Waals surface area contributed by atoms with E-state index in [4.69, 9.17) is 0 Å². The Morgan fingerprint density at radius 2 is 1.86 bits per heavy atom. The summed E-state index contributed by atoms with van der Waals surface area (Å²) in [7, 11) is 1.71. The van der Waals surface area contributed by atoms with E-state index in [0.29, 0.717) is 26.2 Å². The molecule has 0 spiro atoms. The first-order chi connectivity index (χ1) is 9.90. The minimum atomic E-state index is -4.15. The maximum absolute atomic E-state index is 12.7. The van der Waals surface area contributed by atoms with Crippen LogP contribution in [0.25, 0.3) is 0 Å². The van der Waals surface area contributed by atoms with E-state index in [-0.39, 0.29) is 24.0 Å². The number of halogens is 4. The maximum atomic E-state index is 12.7. The lowest BCUT2D eigenvalue weighted by Gasteiger charge is -2.39. The molecule has 0 saturated carbocycles. The normalized spacial score (nSPS) is 18.8. The number of nitrogens with one attached hydrogen (secondary N) is 1. The van der Waals surface area contributed by atoms with Gasteiger partial charge in [0.05, 0.1) is 0 Å². The van der Waals surface area contributed by atoms with E-state index in [1.165, 1.54) is 11.8 Å². The van der Waals surface area contributed by atoms with E-state index in [1.807, 2.05) is 4.90 Å². The summed E-state index contributed by atoms with van der Waals surface area (Å²) >= 11 is 1.80. The standard InChI is InChI=1S/C13H25F3N4S.HI/c1-11(13(14,15)16)19-6-8-20(9-7-19)12(17-2)18-5-4-10-21-3;/h11H,4-10H2,1-3H3,(H,17,18);1H. The molecule has 22 heavy (non-hydrogen) atoms. The summed E-state index contributed by atoms with van der Waals surface area (Å²) < 4.78 is 38.1. The molecule has 132 valence electrons. The van der Waals surface area contributed by atoms with Crippen LogP contribution in [0.5, 0.6) is 0 Å². The highest BCUT2D eigenvalue weighted by Crippen LogP contribution is 2.25. The number of piperazine rings is 1. The number of alkyl halides is 3. The van der Waals surface area contributed by atoms with Gasteiger partial charge < -0.3 is 10.2 Å². The van der Waals surface area contributed by atoms with Crippen LogP contribution in [0, 0.1) is 0 Å². The van der Waals surface area contributed by atoms with E-state index in [0.717, 1.165) is 24.7 Å². The number of hydrogen-bond donors (Lipinski definition) is 1. The van der Waals surface area contributed by atoms with Crippen LogP contribution >= 0.6 is 35.7 Å². The van der Waals surface area contributed by atoms with Gasteiger partial charge in [0.25, 0.3) is 0 Å². The fourth-order valence-electron chi connectivity index (χ4n) is 2.28. The minimum Gasteiger partial charge on any atom is -0.356 e. The van der Waals surface area contributed by atoms with Gasteiger partial charge in [-0.25, -0.2) is 0 Å². The first-order valence-corrected chi connectivity index (χ1v) is 8.54. The van der Waals surface area contributed by atoms with Gasteiger partial charge in [-0.2, -0.15) is 24.9 Å². The van der Waals surface area contributed by atoms with Crippen molar-refractivity contribution >= 4 is 41.7 Å². The van der Waals surface area contributed by atoms with Gasteiger partial charge in [0, 0.05) is 39.8 Å². The highest BCUT2D eigenvalue weighted by molar-refractivity contribution is 14.0. The summed E-state index contributed by atoms with van der Waals surface area (Å²) in [6.07, 6.45) is -1.04. The summed E-state index contributed by atoms with van der Waals surface area (Å²) in [4.78, 5) is 7.72. The van der Waals surface area contributed by atoms with Gasteiger partial charge >= 0.3 is 6.18 Å². The zero-order valence-corrected chi connectivity index (χ0v) is 16.5. The van der Waals surface area contributed by atoms with Gasteiger partial charge in [0.15, 0.2) is 5.96 Å². The first kappa shape index (κ1) is 22.1. The minimum absolute atomic E-state index is 0. The van der Waals surface area contributed by atoms with Gasteiger partial charge in [0.2, 0.25) is 0 Å². The zero-order valence-electron chi connectivity index (χ0n) is 13.3. The Morgan fingerprint density at radius 3 is 2.32 bits per heavy atom. The second-order valence-corrected chi connectivity index (χ2v) is 6.05. The zero-order chi connectivity index (χ0) is 15.9. The average Bonchev–Trinajstić information content (AvgIpc) is 2.46. The summed E-state index contributed by atoms with van der Waals surface area (Å²) in [6, 6.07) is -1.38. The predicted octanol–water partition coefficient (Wildman–Crippen LogP) is 2.50. The van der Waals surface area contributed by atoms with Crippen molar-refractivity contribution in [2.45, 2.75) is 25.6 Å². The smallest absolute Gasteiger partial charge is 0.356 e. The Labute approximate surface area is 152 Å². The molecule has 1 N–H and O–H groups in total. The molecule has 9 heteroatoms. The number of nitrogens with zero attached hydrogens (tertiary/aromatic N) is 3. The van der Waals surface area contributed by atoms with Crippen molar-refractivity contribution in [2.24, 2.45) is 4.99 Å². The van der Waals surface area contributed by atoms with Crippen LogP contribution in [0.1, 0.15) is 13.3 Å². The van der Waals surface area contributed by atoms with Gasteiger partial charge in [-0.1, -0.05) is 0 Å². The van der Waals surface area contributed by atoms with Crippen molar-refractivity contribution in [3.8, 4) is 0 Å². The Morgan fingerprint density at radius 1 is 1.27 bits per heavy atom. The summed E-state index contributed by atoms with van der Waals surface area (Å²) in [6.45, 7) is 4.03. The summed E-state index contributed by atoms with van der Waals surface area (Å²) in [5.74, 6) is 1.87. The van der Waals surface area contributed by atoms with Crippen LogP contribution < -0.4 is 5.32 Å². The lowest BCUT2D eigenvalue weighted by Crippen LogP contribution is -2.56. The van der Waals surface area contributed by atoms with E-state index in [9.17, 15) is 13.2 Å². The monoisotopic (exact) mass is 454 g/mol. The van der Waals surface area contributed by atoms with E-state index in [1.54, 1.807) is 18.8 Å². The lowest BCUT2D eigenvalue weighted by atomic mass is 10.2. The van der Waals surface area contributed by atoms with Gasteiger partial charge in [-0.3, -0.25) is 9.89 Å². The molecule has 1 fully saturated rings. The SMILES string of the molecule is CN=C(NCCCSC)N1CCN(C(C)C(F)(F)F)CC1.I. The number of guanidine groups is 1. The molecule has 1 atom stereocenters. The van der Waals surface area contributed by atoms with Crippen molar-refractivity contribution in [1.29, 1.82) is 0 Å². The van der Waals surface area contributed by atoms with Crippen molar-refractivity contribution in [2.75, 3.05) is 51.8 Å². The second-order valence-electron chi connectivity index (χ2n) is 5.06. The molecule has 1 unspecified atom stereocenters. The lowest BCUT2D eigenvalue weighted by molar-refractivity contribution is -0.181. The van der Waals surface area contributed by atoms with Crippen molar-refractivity contribution in [3.05, 3.63) is 0 Å². The third kappa shape index (κ3) is 7.12. The van der Waals surface area contributed by atoms with Crippen LogP contribution in [0.15, 0.2) is 4.99 Å². The van der Waals surface area contributed by atoms with Crippen LogP contribution in [0.4, 0.5) is 13.2 Å². The molecule has 0 bridgehead atoms. The molecule has 1 aliphatic heterocycles. The Bertz CT molecular complexity index is 334. The maximum Gasteiger partial charge on any atom is 0.403 e. The highest BCUT2D eigenvalue weighted by Gasteiger charge is 2.40. The Hall–Kier alpha value is 0.1000. The molecule has 1 saturated heterocycles. The largest absolute Gasteiger partial charge is 0.403 e. The molecular weight excluding hydrogens is 428 g/mol. The molecule has 4 nitrogen and oxygen atoms in total. The number of aliphatic imine (C=N–C) groups is 1. The number of rotatable bonds is 5. The molecule has 1 heterocycles. The van der Waals surface area contributed by atoms with E-state index < -0.39 is 12.2 Å². The Balaban J connectivity index is 0.00000441. The summed E-state index contributed by atoms with van der Waals surface area (Å²) in [5.41, 5.74) is 0. The average molecular weight is 454 g/mol. The van der Waals surface area contributed by atoms with Gasteiger partial charge in [-0.05, 0) is 25.4 Å². The molecule has 1 rings (SSSR count). The third-order valence-electron chi connectivity index (χ3n) is 3.66. The van der Waals surface area contributed by atoms with Crippen LogP contribution in [0.3, 0.4) is 0 Å². The molecule has 1 aliphatic rings. The molecule has 0 amide bonds. The molecule has 0 aliphatic carbocycles. The highest BCUT2D eigenvalue weighted by atomic mass is 127. The fraction of sp³-hybridized carbons (Fsp3) is 0.923. The number of hydrogen-bond acceptors (Lipinski definition) is 3. The van der Waals surface area contributed by atoms with Crippen molar-refractivity contribution in [3.63, 3.8) is 0 Å². The Kier molecular flexibility index (Phi) is 10.8. The van der Waals surface area contributed by atoms with Crippen LogP contribution in [-0.2, 0) is 0 Å². The fourth-order valence-corrected chi connectivity index (χ4v) is 2.71. The second kappa shape index (κ2) is 10.8. The molecule has 0 aromatic heterocycles. The molecular formula is C13H26F3IN4S. The van der Waals surface area contributed by atoms with E-state index >= 15 is 0 Å².